The Morgan fingerprint density at radius 1 is 1.31 bits per heavy atom. The Bertz CT molecular complexity index is 366. The molecular weight excluding hydrogens is 162 g/mol. The predicted octanol–water partition coefficient (Wildman–Crippen LogP) is 2.61. The highest BCUT2D eigenvalue weighted by Gasteiger charge is 2.20. The Morgan fingerprint density at radius 3 is 2.85 bits per heavy atom. The van der Waals surface area contributed by atoms with Crippen LogP contribution >= 0.6 is 0 Å². The molecule has 0 fully saturated rings. The van der Waals surface area contributed by atoms with E-state index in [1.807, 2.05) is 18.2 Å². The van der Waals surface area contributed by atoms with Crippen LogP contribution in [0.4, 0.5) is 5.69 Å². The first-order chi connectivity index (χ1) is 6.08. The van der Waals surface area contributed by atoms with Gasteiger partial charge in [-0.15, -0.1) is 0 Å². The third kappa shape index (κ3) is 1.39. The number of aromatic hydroxyl groups is 1. The van der Waals surface area contributed by atoms with E-state index in [9.17, 15) is 5.11 Å². The molecular formula is C11H13NO. The van der Waals surface area contributed by atoms with Crippen molar-refractivity contribution in [3.05, 3.63) is 29.8 Å². The third-order valence-corrected chi connectivity index (χ3v) is 2.20. The zero-order valence-electron chi connectivity index (χ0n) is 7.83. The van der Waals surface area contributed by atoms with Crippen LogP contribution in [-0.4, -0.2) is 10.6 Å². The highest BCUT2D eigenvalue weighted by atomic mass is 16.3. The molecule has 1 aliphatic rings. The summed E-state index contributed by atoms with van der Waals surface area (Å²) < 4.78 is 0. The van der Waals surface area contributed by atoms with Gasteiger partial charge in [0, 0.05) is 5.56 Å². The standard InChI is InChI=1S/C11H13NO/c1-11(2)7-6-8-4-3-5-9(13)10(8)12-11/h3-7,12-13H,1-2H3. The molecule has 0 unspecified atom stereocenters. The number of rotatable bonds is 0. The molecule has 68 valence electrons. The minimum Gasteiger partial charge on any atom is -0.506 e. The normalized spacial score (nSPS) is 17.7. The van der Waals surface area contributed by atoms with Crippen LogP contribution in [-0.2, 0) is 0 Å². The van der Waals surface area contributed by atoms with Gasteiger partial charge in [0.2, 0.25) is 0 Å². The molecule has 2 nitrogen and oxygen atoms in total. The molecule has 0 spiro atoms. The Labute approximate surface area is 77.9 Å². The van der Waals surface area contributed by atoms with Crippen LogP contribution in [0.25, 0.3) is 6.08 Å². The number of nitrogens with one attached hydrogen (secondary N) is 1. The first-order valence-electron chi connectivity index (χ1n) is 4.38. The fourth-order valence-corrected chi connectivity index (χ4v) is 1.49. The van der Waals surface area contributed by atoms with E-state index in [2.05, 4.69) is 25.2 Å². The summed E-state index contributed by atoms with van der Waals surface area (Å²) in [7, 11) is 0. The maximum Gasteiger partial charge on any atom is 0.139 e. The highest BCUT2D eigenvalue weighted by molar-refractivity contribution is 5.76. The second-order valence-corrected chi connectivity index (χ2v) is 3.92. The van der Waals surface area contributed by atoms with E-state index in [0.717, 1.165) is 11.3 Å². The first-order valence-corrected chi connectivity index (χ1v) is 4.38. The molecule has 0 saturated carbocycles. The molecule has 0 aromatic heterocycles. The molecule has 0 bridgehead atoms. The quantitative estimate of drug-likeness (QED) is 0.594. The molecule has 1 aliphatic heterocycles. The van der Waals surface area contributed by atoms with Crippen molar-refractivity contribution >= 4 is 11.8 Å². The predicted molar refractivity (Wildman–Crippen MR) is 54.8 cm³/mol. The van der Waals surface area contributed by atoms with Crippen molar-refractivity contribution in [2.24, 2.45) is 0 Å². The van der Waals surface area contributed by atoms with Gasteiger partial charge in [-0.2, -0.15) is 0 Å². The number of fused-ring (bicyclic) bond motifs is 1. The van der Waals surface area contributed by atoms with Gasteiger partial charge in [-0.05, 0) is 19.9 Å². The van der Waals surface area contributed by atoms with Crippen LogP contribution in [0.1, 0.15) is 19.4 Å². The Balaban J connectivity index is 2.54. The Kier molecular flexibility index (Phi) is 1.59. The Hall–Kier alpha value is -1.44. The summed E-state index contributed by atoms with van der Waals surface area (Å²) in [5.74, 6) is 0.315. The van der Waals surface area contributed by atoms with Crippen molar-refractivity contribution in [1.29, 1.82) is 0 Å². The monoisotopic (exact) mass is 175 g/mol. The molecule has 0 amide bonds. The van der Waals surface area contributed by atoms with Crippen LogP contribution in [0.2, 0.25) is 0 Å². The smallest absolute Gasteiger partial charge is 0.139 e. The summed E-state index contributed by atoms with van der Waals surface area (Å²) in [4.78, 5) is 0. The molecule has 0 atom stereocenters. The lowest BCUT2D eigenvalue weighted by Crippen LogP contribution is -2.30. The zero-order chi connectivity index (χ0) is 9.47. The van der Waals surface area contributed by atoms with Crippen LogP contribution in [0.15, 0.2) is 24.3 Å². The second-order valence-electron chi connectivity index (χ2n) is 3.92. The minimum absolute atomic E-state index is 0.0775. The lowest BCUT2D eigenvalue weighted by atomic mass is 9.96. The maximum absolute atomic E-state index is 9.59. The fourth-order valence-electron chi connectivity index (χ4n) is 1.49. The zero-order valence-corrected chi connectivity index (χ0v) is 7.83. The van der Waals surface area contributed by atoms with E-state index in [4.69, 9.17) is 0 Å². The van der Waals surface area contributed by atoms with E-state index < -0.39 is 0 Å². The van der Waals surface area contributed by atoms with Gasteiger partial charge in [0.1, 0.15) is 5.75 Å². The molecule has 0 saturated heterocycles. The van der Waals surface area contributed by atoms with E-state index in [0.29, 0.717) is 5.75 Å². The molecule has 0 radical (unpaired) electrons. The summed E-state index contributed by atoms with van der Waals surface area (Å²) in [5, 5.41) is 12.9. The van der Waals surface area contributed by atoms with Crippen molar-refractivity contribution in [3.8, 4) is 5.75 Å². The van der Waals surface area contributed by atoms with E-state index in [-0.39, 0.29) is 5.54 Å². The topological polar surface area (TPSA) is 32.3 Å². The van der Waals surface area contributed by atoms with E-state index in [1.165, 1.54) is 0 Å². The fraction of sp³-hybridized carbons (Fsp3) is 0.273. The van der Waals surface area contributed by atoms with Gasteiger partial charge in [0.25, 0.3) is 0 Å². The first kappa shape index (κ1) is 8.17. The summed E-state index contributed by atoms with van der Waals surface area (Å²) >= 11 is 0. The van der Waals surface area contributed by atoms with Gasteiger partial charge >= 0.3 is 0 Å². The van der Waals surface area contributed by atoms with Gasteiger partial charge in [-0.1, -0.05) is 24.3 Å². The summed E-state index contributed by atoms with van der Waals surface area (Å²) in [5.41, 5.74) is 1.79. The second kappa shape index (κ2) is 2.52. The lowest BCUT2D eigenvalue weighted by molar-refractivity contribution is 0.475. The molecule has 1 aromatic rings. The van der Waals surface area contributed by atoms with Crippen LogP contribution in [0.3, 0.4) is 0 Å². The van der Waals surface area contributed by atoms with Crippen molar-refractivity contribution < 1.29 is 5.11 Å². The number of phenols is 1. The maximum atomic E-state index is 9.59. The molecule has 13 heavy (non-hydrogen) atoms. The van der Waals surface area contributed by atoms with Crippen LogP contribution in [0, 0.1) is 0 Å². The number of para-hydroxylation sites is 1. The van der Waals surface area contributed by atoms with Crippen LogP contribution < -0.4 is 5.32 Å². The number of benzene rings is 1. The van der Waals surface area contributed by atoms with Crippen LogP contribution in [0.5, 0.6) is 5.75 Å². The summed E-state index contributed by atoms with van der Waals surface area (Å²) in [6.07, 6.45) is 4.13. The van der Waals surface area contributed by atoms with Gasteiger partial charge in [-0.3, -0.25) is 0 Å². The van der Waals surface area contributed by atoms with Gasteiger partial charge in [0.05, 0.1) is 11.2 Å². The Morgan fingerprint density at radius 2 is 2.08 bits per heavy atom. The number of hydrogen-bond donors (Lipinski definition) is 2. The van der Waals surface area contributed by atoms with Crippen molar-refractivity contribution in [2.45, 2.75) is 19.4 Å². The minimum atomic E-state index is -0.0775. The molecule has 0 aliphatic carbocycles. The molecule has 2 heteroatoms. The SMILES string of the molecule is CC1(C)C=Cc2cccc(O)c2N1. The third-order valence-electron chi connectivity index (χ3n) is 2.20. The average Bonchev–Trinajstić information content (AvgIpc) is 2.06. The molecule has 1 heterocycles. The highest BCUT2D eigenvalue weighted by Crippen LogP contribution is 2.34. The average molecular weight is 175 g/mol. The van der Waals surface area contributed by atoms with Gasteiger partial charge in [0.15, 0.2) is 0 Å². The summed E-state index contributed by atoms with van der Waals surface area (Å²) in [6, 6.07) is 5.52. The largest absolute Gasteiger partial charge is 0.506 e. The molecule has 2 N–H and O–H groups in total. The van der Waals surface area contributed by atoms with E-state index in [1.54, 1.807) is 6.07 Å². The van der Waals surface area contributed by atoms with Crippen molar-refractivity contribution in [1.82, 2.24) is 0 Å². The van der Waals surface area contributed by atoms with E-state index >= 15 is 0 Å². The lowest BCUT2D eigenvalue weighted by Gasteiger charge is -2.29. The van der Waals surface area contributed by atoms with Crippen molar-refractivity contribution in [3.63, 3.8) is 0 Å². The van der Waals surface area contributed by atoms with Gasteiger partial charge < -0.3 is 10.4 Å². The summed E-state index contributed by atoms with van der Waals surface area (Å²) in [6.45, 7) is 4.14. The number of hydrogen-bond acceptors (Lipinski definition) is 2. The van der Waals surface area contributed by atoms with Crippen molar-refractivity contribution in [2.75, 3.05) is 5.32 Å². The number of anilines is 1. The number of phenolic OH excluding ortho intramolecular Hbond substituents is 1. The molecule has 2 rings (SSSR count). The van der Waals surface area contributed by atoms with Gasteiger partial charge in [-0.25, -0.2) is 0 Å². The molecule has 1 aromatic carbocycles.